The minimum atomic E-state index is -0.498. The number of nitrogens with one attached hydrogen (secondary N) is 1. The molecule has 1 aliphatic carbocycles. The number of hydrogen-bond donors (Lipinski definition) is 3. The Hall–Kier alpha value is -1.63. The molecule has 1 aromatic carbocycles. The summed E-state index contributed by atoms with van der Waals surface area (Å²) in [6, 6.07) is 5.90. The van der Waals surface area contributed by atoms with E-state index in [9.17, 15) is 4.79 Å². The molecule has 7 heteroatoms. The van der Waals surface area contributed by atoms with Crippen molar-refractivity contribution in [3.05, 3.63) is 33.7 Å². The zero-order chi connectivity index (χ0) is 17.1. The summed E-state index contributed by atoms with van der Waals surface area (Å²) in [7, 11) is 0. The van der Waals surface area contributed by atoms with Crippen LogP contribution in [0.1, 0.15) is 47.3 Å². The molecule has 1 fully saturated rings. The summed E-state index contributed by atoms with van der Waals surface area (Å²) in [6.07, 6.45) is 5.98. The highest BCUT2D eigenvalue weighted by Gasteiger charge is 2.23. The summed E-state index contributed by atoms with van der Waals surface area (Å²) in [5, 5.41) is 4.69. The number of hydrogen-bond acceptors (Lipinski definition) is 5. The number of nitrogens with zero attached hydrogens (tertiary/aromatic N) is 1. The third-order valence-corrected chi connectivity index (χ3v) is 5.66. The van der Waals surface area contributed by atoms with E-state index in [1.54, 1.807) is 6.07 Å². The van der Waals surface area contributed by atoms with Gasteiger partial charge in [0, 0.05) is 18.2 Å². The van der Waals surface area contributed by atoms with E-state index in [2.05, 4.69) is 10.3 Å². The smallest absolute Gasteiger partial charge is 0.261 e. The van der Waals surface area contributed by atoms with E-state index < -0.39 is 5.91 Å². The highest BCUT2D eigenvalue weighted by molar-refractivity contribution is 7.18. The van der Waals surface area contributed by atoms with Crippen molar-refractivity contribution in [1.82, 2.24) is 4.98 Å². The Morgan fingerprint density at radius 2 is 2.08 bits per heavy atom. The normalized spacial score (nSPS) is 15.4. The fourth-order valence-electron chi connectivity index (χ4n) is 3.14. The number of benzene rings is 1. The molecule has 0 unspecified atom stereocenters. The van der Waals surface area contributed by atoms with Gasteiger partial charge in [0.2, 0.25) is 0 Å². The first-order valence-corrected chi connectivity index (χ1v) is 9.34. The fraction of sp³-hybridized carbons (Fsp3) is 0.412. The molecule has 5 N–H and O–H groups in total. The summed E-state index contributed by atoms with van der Waals surface area (Å²) in [5.74, 6) is -0.498. The Labute approximate surface area is 150 Å². The number of halogens is 1. The van der Waals surface area contributed by atoms with E-state index in [0.29, 0.717) is 38.9 Å². The van der Waals surface area contributed by atoms with Gasteiger partial charge in [-0.3, -0.25) is 4.79 Å². The number of rotatable bonds is 5. The topological polar surface area (TPSA) is 94.0 Å². The third kappa shape index (κ3) is 3.55. The Bertz CT molecular complexity index is 740. The summed E-state index contributed by atoms with van der Waals surface area (Å²) in [5.41, 5.74) is 13.5. The molecule has 0 atom stereocenters. The highest BCUT2D eigenvalue weighted by Crippen LogP contribution is 2.37. The second kappa shape index (κ2) is 7.51. The maximum atomic E-state index is 11.9. The molecule has 1 aromatic heterocycles. The van der Waals surface area contributed by atoms with Crippen LogP contribution in [0.15, 0.2) is 18.2 Å². The molecule has 3 rings (SSSR count). The van der Waals surface area contributed by atoms with Crippen LogP contribution in [0, 0.1) is 0 Å². The van der Waals surface area contributed by atoms with Crippen LogP contribution in [0.5, 0.6) is 0 Å². The Morgan fingerprint density at radius 1 is 1.33 bits per heavy atom. The van der Waals surface area contributed by atoms with Crippen molar-refractivity contribution in [1.29, 1.82) is 0 Å². The standard InChI is InChI=1S/C17H21ClN4OS/c18-12-8-4-5-10(9-19)13(12)14-15(16(20)23)24-17(22-14)21-11-6-2-1-3-7-11/h4-5,8,11H,1-3,6-7,9,19H2,(H2,20,23)(H,21,22). The van der Waals surface area contributed by atoms with Gasteiger partial charge in [-0.2, -0.15) is 0 Å². The molecule has 1 heterocycles. The molecule has 0 radical (unpaired) electrons. The number of aromatic nitrogens is 1. The average molecular weight is 365 g/mol. The second-order valence-corrected chi connectivity index (χ2v) is 7.42. The molecule has 0 spiro atoms. The molecule has 1 aliphatic rings. The first-order valence-electron chi connectivity index (χ1n) is 8.15. The fourth-order valence-corrected chi connectivity index (χ4v) is 4.33. The van der Waals surface area contributed by atoms with Gasteiger partial charge in [-0.25, -0.2) is 4.98 Å². The number of carbonyl (C=O) groups is 1. The lowest BCUT2D eigenvalue weighted by Crippen LogP contribution is -2.22. The SMILES string of the molecule is NCc1cccc(Cl)c1-c1nc(NC2CCCCC2)sc1C(N)=O. The van der Waals surface area contributed by atoms with E-state index in [4.69, 9.17) is 23.1 Å². The van der Waals surface area contributed by atoms with Crippen LogP contribution in [-0.2, 0) is 6.54 Å². The van der Waals surface area contributed by atoms with Crippen molar-refractivity contribution >= 4 is 34.0 Å². The zero-order valence-electron chi connectivity index (χ0n) is 13.3. The molecule has 0 bridgehead atoms. The van der Waals surface area contributed by atoms with Crippen molar-refractivity contribution in [3.8, 4) is 11.3 Å². The van der Waals surface area contributed by atoms with Crippen LogP contribution < -0.4 is 16.8 Å². The van der Waals surface area contributed by atoms with Crippen molar-refractivity contribution < 1.29 is 4.79 Å². The van der Waals surface area contributed by atoms with Crippen molar-refractivity contribution in [2.75, 3.05) is 5.32 Å². The molecule has 1 amide bonds. The van der Waals surface area contributed by atoms with Crippen LogP contribution in [0.4, 0.5) is 5.13 Å². The Morgan fingerprint density at radius 3 is 2.75 bits per heavy atom. The molecule has 24 heavy (non-hydrogen) atoms. The van der Waals surface area contributed by atoms with Gasteiger partial charge in [0.1, 0.15) is 4.88 Å². The lowest BCUT2D eigenvalue weighted by atomic mass is 9.96. The van der Waals surface area contributed by atoms with Gasteiger partial charge in [-0.15, -0.1) is 0 Å². The maximum absolute atomic E-state index is 11.9. The van der Waals surface area contributed by atoms with Crippen LogP contribution in [0.2, 0.25) is 5.02 Å². The van der Waals surface area contributed by atoms with Crippen LogP contribution in [-0.4, -0.2) is 16.9 Å². The van der Waals surface area contributed by atoms with E-state index in [0.717, 1.165) is 18.4 Å². The van der Waals surface area contributed by atoms with E-state index in [1.165, 1.54) is 30.6 Å². The summed E-state index contributed by atoms with van der Waals surface area (Å²) in [4.78, 5) is 16.9. The predicted octanol–water partition coefficient (Wildman–Crippen LogP) is 3.77. The molecule has 128 valence electrons. The quantitative estimate of drug-likeness (QED) is 0.752. The second-order valence-electron chi connectivity index (χ2n) is 6.02. The minimum absolute atomic E-state index is 0.316. The van der Waals surface area contributed by atoms with Crippen molar-refractivity contribution in [3.63, 3.8) is 0 Å². The van der Waals surface area contributed by atoms with Crippen LogP contribution in [0.25, 0.3) is 11.3 Å². The lowest BCUT2D eigenvalue weighted by Gasteiger charge is -2.22. The molecular formula is C17H21ClN4OS. The van der Waals surface area contributed by atoms with Gasteiger partial charge >= 0.3 is 0 Å². The van der Waals surface area contributed by atoms with Gasteiger partial charge in [0.15, 0.2) is 5.13 Å². The molecule has 1 saturated carbocycles. The number of thiazole rings is 1. The van der Waals surface area contributed by atoms with E-state index in [1.807, 2.05) is 12.1 Å². The zero-order valence-corrected chi connectivity index (χ0v) is 14.9. The number of carbonyl (C=O) groups excluding carboxylic acids is 1. The van der Waals surface area contributed by atoms with Gasteiger partial charge in [0.25, 0.3) is 5.91 Å². The summed E-state index contributed by atoms with van der Waals surface area (Å²) >= 11 is 7.64. The third-order valence-electron chi connectivity index (χ3n) is 4.34. The number of anilines is 1. The van der Waals surface area contributed by atoms with Gasteiger partial charge in [0.05, 0.1) is 10.7 Å². The van der Waals surface area contributed by atoms with Crippen molar-refractivity contribution in [2.24, 2.45) is 11.5 Å². The molecule has 0 aliphatic heterocycles. The Balaban J connectivity index is 1.99. The lowest BCUT2D eigenvalue weighted by molar-refractivity contribution is 0.100. The molecule has 0 saturated heterocycles. The first kappa shape index (κ1) is 17.2. The first-order chi connectivity index (χ1) is 11.6. The number of nitrogens with two attached hydrogens (primary N) is 2. The van der Waals surface area contributed by atoms with Gasteiger partial charge in [-0.1, -0.05) is 54.3 Å². The molecule has 2 aromatic rings. The van der Waals surface area contributed by atoms with Crippen LogP contribution in [0.3, 0.4) is 0 Å². The number of primary amides is 1. The molecular weight excluding hydrogens is 344 g/mol. The van der Waals surface area contributed by atoms with Gasteiger partial charge < -0.3 is 16.8 Å². The van der Waals surface area contributed by atoms with E-state index in [-0.39, 0.29) is 0 Å². The van der Waals surface area contributed by atoms with E-state index >= 15 is 0 Å². The summed E-state index contributed by atoms with van der Waals surface area (Å²) < 4.78 is 0. The van der Waals surface area contributed by atoms with Gasteiger partial charge in [-0.05, 0) is 24.5 Å². The largest absolute Gasteiger partial charge is 0.365 e. The maximum Gasteiger partial charge on any atom is 0.261 e. The Kier molecular flexibility index (Phi) is 5.38. The summed E-state index contributed by atoms with van der Waals surface area (Å²) in [6.45, 7) is 0.316. The number of amides is 1. The van der Waals surface area contributed by atoms with Crippen molar-refractivity contribution in [2.45, 2.75) is 44.7 Å². The highest BCUT2D eigenvalue weighted by atomic mass is 35.5. The minimum Gasteiger partial charge on any atom is -0.365 e. The predicted molar refractivity (Wildman–Crippen MR) is 99.5 cm³/mol. The van der Waals surface area contributed by atoms with Crippen LogP contribution >= 0.6 is 22.9 Å². The monoisotopic (exact) mass is 364 g/mol. The average Bonchev–Trinajstić information content (AvgIpc) is 2.99. The molecule has 5 nitrogen and oxygen atoms in total.